The highest BCUT2D eigenvalue weighted by Crippen LogP contribution is 2.25. The van der Waals surface area contributed by atoms with Crippen LogP contribution < -0.4 is 4.74 Å². The SMILES string of the molecule is COC(C)OCCOc1csc(Br)c1. The molecule has 1 heterocycles. The zero-order chi connectivity index (χ0) is 10.4. The summed E-state index contributed by atoms with van der Waals surface area (Å²) in [7, 11) is 1.61. The summed E-state index contributed by atoms with van der Waals surface area (Å²) in [6.07, 6.45) is -0.173. The molecule has 0 aromatic carbocycles. The Hall–Kier alpha value is -0.100. The van der Waals surface area contributed by atoms with Crippen LogP contribution in [0.15, 0.2) is 15.2 Å². The molecule has 1 unspecified atom stereocenters. The molecule has 0 fully saturated rings. The van der Waals surface area contributed by atoms with E-state index in [1.54, 1.807) is 18.4 Å². The molecule has 3 nitrogen and oxygen atoms in total. The van der Waals surface area contributed by atoms with Crippen LogP contribution in [-0.4, -0.2) is 26.6 Å². The van der Waals surface area contributed by atoms with Crippen LogP contribution in [0.4, 0.5) is 0 Å². The fourth-order valence-electron chi connectivity index (χ4n) is 0.812. The maximum atomic E-state index is 5.42. The van der Waals surface area contributed by atoms with Crippen molar-refractivity contribution in [1.82, 2.24) is 0 Å². The predicted octanol–water partition coefficient (Wildman–Crippen LogP) is 2.90. The van der Waals surface area contributed by atoms with Crippen molar-refractivity contribution in [2.75, 3.05) is 20.3 Å². The average Bonchev–Trinajstić information content (AvgIpc) is 2.58. The second-order valence-corrected chi connectivity index (χ2v) is 4.90. The van der Waals surface area contributed by atoms with Crippen LogP contribution in [0.2, 0.25) is 0 Å². The Balaban J connectivity index is 2.10. The number of thiophene rings is 1. The van der Waals surface area contributed by atoms with E-state index in [-0.39, 0.29) is 6.29 Å². The minimum atomic E-state index is -0.173. The van der Waals surface area contributed by atoms with Crippen molar-refractivity contribution in [3.05, 3.63) is 15.2 Å². The quantitative estimate of drug-likeness (QED) is 0.592. The summed E-state index contributed by atoms with van der Waals surface area (Å²) in [5.74, 6) is 0.871. The lowest BCUT2D eigenvalue weighted by Gasteiger charge is -2.10. The van der Waals surface area contributed by atoms with Gasteiger partial charge < -0.3 is 14.2 Å². The zero-order valence-corrected chi connectivity index (χ0v) is 10.6. The molecule has 80 valence electrons. The Bertz CT molecular complexity index is 264. The first-order valence-electron chi connectivity index (χ1n) is 4.23. The lowest BCUT2D eigenvalue weighted by Crippen LogP contribution is -2.15. The van der Waals surface area contributed by atoms with Gasteiger partial charge in [0.2, 0.25) is 0 Å². The highest BCUT2D eigenvalue weighted by atomic mass is 79.9. The van der Waals surface area contributed by atoms with E-state index in [0.29, 0.717) is 13.2 Å². The number of ether oxygens (including phenoxy) is 3. The molecule has 0 saturated heterocycles. The third kappa shape index (κ3) is 4.41. The minimum absolute atomic E-state index is 0.173. The van der Waals surface area contributed by atoms with Gasteiger partial charge in [-0.05, 0) is 22.9 Å². The minimum Gasteiger partial charge on any atom is -0.490 e. The number of rotatable bonds is 6. The van der Waals surface area contributed by atoms with E-state index >= 15 is 0 Å². The van der Waals surface area contributed by atoms with Crippen LogP contribution in [-0.2, 0) is 9.47 Å². The summed E-state index contributed by atoms with van der Waals surface area (Å²) >= 11 is 4.96. The smallest absolute Gasteiger partial charge is 0.154 e. The van der Waals surface area contributed by atoms with Crippen molar-refractivity contribution in [2.45, 2.75) is 13.2 Å². The lowest BCUT2D eigenvalue weighted by molar-refractivity contribution is -0.115. The molecule has 0 N–H and O–H groups in total. The molecule has 1 rings (SSSR count). The van der Waals surface area contributed by atoms with Crippen molar-refractivity contribution in [1.29, 1.82) is 0 Å². The maximum Gasteiger partial charge on any atom is 0.154 e. The molecule has 1 atom stereocenters. The molecule has 1 aromatic rings. The fourth-order valence-corrected chi connectivity index (χ4v) is 1.87. The van der Waals surface area contributed by atoms with Gasteiger partial charge in [-0.15, -0.1) is 11.3 Å². The van der Waals surface area contributed by atoms with Gasteiger partial charge in [0.15, 0.2) is 6.29 Å². The van der Waals surface area contributed by atoms with E-state index in [9.17, 15) is 0 Å². The van der Waals surface area contributed by atoms with Gasteiger partial charge in [0.05, 0.1) is 10.4 Å². The number of methoxy groups -OCH3 is 1. The molecule has 0 aliphatic heterocycles. The van der Waals surface area contributed by atoms with Crippen molar-refractivity contribution < 1.29 is 14.2 Å². The van der Waals surface area contributed by atoms with Crippen LogP contribution >= 0.6 is 27.3 Å². The molecule has 0 bridgehead atoms. The van der Waals surface area contributed by atoms with Gasteiger partial charge in [0, 0.05) is 18.6 Å². The predicted molar refractivity (Wildman–Crippen MR) is 59.9 cm³/mol. The summed E-state index contributed by atoms with van der Waals surface area (Å²) in [6.45, 7) is 2.92. The molecule has 0 aliphatic rings. The topological polar surface area (TPSA) is 27.7 Å². The van der Waals surface area contributed by atoms with Crippen LogP contribution in [0.1, 0.15) is 6.92 Å². The van der Waals surface area contributed by atoms with Crippen molar-refractivity contribution >= 4 is 27.3 Å². The molecule has 0 spiro atoms. The second kappa shape index (κ2) is 6.40. The highest BCUT2D eigenvalue weighted by molar-refractivity contribution is 9.11. The third-order valence-corrected chi connectivity index (χ3v) is 3.06. The summed E-state index contributed by atoms with van der Waals surface area (Å²) in [6, 6.07) is 1.93. The van der Waals surface area contributed by atoms with E-state index in [1.807, 2.05) is 18.4 Å². The molecule has 14 heavy (non-hydrogen) atoms. The Morgan fingerprint density at radius 3 is 2.86 bits per heavy atom. The van der Waals surface area contributed by atoms with E-state index in [2.05, 4.69) is 15.9 Å². The van der Waals surface area contributed by atoms with Gasteiger partial charge in [0.1, 0.15) is 12.4 Å². The van der Waals surface area contributed by atoms with E-state index in [0.717, 1.165) is 9.54 Å². The Labute approximate surface area is 96.1 Å². The van der Waals surface area contributed by atoms with Crippen LogP contribution in [0.5, 0.6) is 5.75 Å². The molecule has 0 amide bonds. The summed E-state index contributed by atoms with van der Waals surface area (Å²) in [5, 5.41) is 1.95. The number of hydrogen-bond acceptors (Lipinski definition) is 4. The second-order valence-electron chi connectivity index (χ2n) is 2.61. The Morgan fingerprint density at radius 2 is 2.29 bits per heavy atom. The molecule has 0 saturated carbocycles. The molecule has 0 radical (unpaired) electrons. The Morgan fingerprint density at radius 1 is 1.50 bits per heavy atom. The number of hydrogen-bond donors (Lipinski definition) is 0. The summed E-state index contributed by atoms with van der Waals surface area (Å²) in [5.41, 5.74) is 0. The largest absolute Gasteiger partial charge is 0.490 e. The van der Waals surface area contributed by atoms with Crippen molar-refractivity contribution in [3.8, 4) is 5.75 Å². The molecular weight excluding hydrogens is 268 g/mol. The van der Waals surface area contributed by atoms with Gasteiger partial charge in [-0.1, -0.05) is 0 Å². The van der Waals surface area contributed by atoms with Gasteiger partial charge in [0.25, 0.3) is 0 Å². The average molecular weight is 281 g/mol. The highest BCUT2D eigenvalue weighted by Gasteiger charge is 2.00. The van der Waals surface area contributed by atoms with E-state index in [1.165, 1.54) is 0 Å². The fraction of sp³-hybridized carbons (Fsp3) is 0.556. The van der Waals surface area contributed by atoms with Crippen molar-refractivity contribution in [2.24, 2.45) is 0 Å². The monoisotopic (exact) mass is 280 g/mol. The van der Waals surface area contributed by atoms with E-state index in [4.69, 9.17) is 14.2 Å². The maximum absolute atomic E-state index is 5.42. The molecule has 1 aromatic heterocycles. The van der Waals surface area contributed by atoms with Crippen LogP contribution in [0.25, 0.3) is 0 Å². The van der Waals surface area contributed by atoms with Crippen LogP contribution in [0, 0.1) is 0 Å². The summed E-state index contributed by atoms with van der Waals surface area (Å²) < 4.78 is 16.7. The molecule has 5 heteroatoms. The Kier molecular flexibility index (Phi) is 5.47. The third-order valence-electron chi connectivity index (χ3n) is 1.58. The zero-order valence-electron chi connectivity index (χ0n) is 8.16. The van der Waals surface area contributed by atoms with Gasteiger partial charge >= 0.3 is 0 Å². The van der Waals surface area contributed by atoms with E-state index < -0.39 is 0 Å². The van der Waals surface area contributed by atoms with Crippen molar-refractivity contribution in [3.63, 3.8) is 0 Å². The van der Waals surface area contributed by atoms with Gasteiger partial charge in [-0.2, -0.15) is 0 Å². The van der Waals surface area contributed by atoms with Gasteiger partial charge in [-0.25, -0.2) is 0 Å². The number of halogens is 1. The molecular formula is C9H13BrO3S. The first-order valence-corrected chi connectivity index (χ1v) is 5.91. The first kappa shape index (κ1) is 12.0. The first-order chi connectivity index (χ1) is 6.72. The molecule has 0 aliphatic carbocycles. The standard InChI is InChI=1S/C9H13BrO3S/c1-7(11-2)12-3-4-13-8-5-9(10)14-6-8/h5-7H,3-4H2,1-2H3. The normalized spacial score (nSPS) is 12.8. The van der Waals surface area contributed by atoms with Gasteiger partial charge in [-0.3, -0.25) is 0 Å². The summed E-state index contributed by atoms with van der Waals surface area (Å²) in [4.78, 5) is 0. The van der Waals surface area contributed by atoms with Crippen LogP contribution in [0.3, 0.4) is 0 Å². The lowest BCUT2D eigenvalue weighted by atomic mass is 10.6.